The summed E-state index contributed by atoms with van der Waals surface area (Å²) in [4.78, 5) is 4.22. The van der Waals surface area contributed by atoms with Crippen LogP contribution in [0.25, 0.3) is 0 Å². The van der Waals surface area contributed by atoms with Gasteiger partial charge in [-0.2, -0.15) is 17.0 Å². The molecule has 1 aromatic rings. The van der Waals surface area contributed by atoms with Crippen LogP contribution >= 0.6 is 11.8 Å². The van der Waals surface area contributed by atoms with Crippen LogP contribution in [0.2, 0.25) is 0 Å². The molecular weight excluding hydrogens is 230 g/mol. The number of pyridine rings is 1. The van der Waals surface area contributed by atoms with E-state index in [0.717, 1.165) is 25.2 Å². The van der Waals surface area contributed by atoms with Gasteiger partial charge in [0.15, 0.2) is 0 Å². The number of nitrogens with one attached hydrogen (secondary N) is 1. The van der Waals surface area contributed by atoms with Crippen molar-refractivity contribution in [2.75, 3.05) is 18.1 Å². The number of hydrogen-bond donors (Lipinski definition) is 1. The van der Waals surface area contributed by atoms with Gasteiger partial charge >= 0.3 is 0 Å². The molecule has 1 N–H and O–H groups in total. The van der Waals surface area contributed by atoms with Crippen LogP contribution in [0.1, 0.15) is 32.3 Å². The van der Waals surface area contributed by atoms with E-state index in [4.69, 9.17) is 5.26 Å². The Morgan fingerprint density at radius 2 is 2.18 bits per heavy atom. The fraction of sp³-hybridized carbons (Fsp3) is 0.538. The molecule has 3 nitrogen and oxygen atoms in total. The molecule has 0 atom stereocenters. The van der Waals surface area contributed by atoms with Crippen LogP contribution in [0, 0.1) is 11.3 Å². The summed E-state index contributed by atoms with van der Waals surface area (Å²) in [6, 6.07) is 5.62. The predicted molar refractivity (Wildman–Crippen MR) is 74.3 cm³/mol. The van der Waals surface area contributed by atoms with Crippen molar-refractivity contribution in [3.05, 3.63) is 23.9 Å². The van der Waals surface area contributed by atoms with Gasteiger partial charge < -0.3 is 5.32 Å². The number of nitriles is 1. The molecule has 0 fully saturated rings. The van der Waals surface area contributed by atoms with Gasteiger partial charge in [-0.25, -0.2) is 4.98 Å². The van der Waals surface area contributed by atoms with E-state index in [1.165, 1.54) is 0 Å². The van der Waals surface area contributed by atoms with Crippen molar-refractivity contribution in [2.24, 2.45) is 0 Å². The lowest BCUT2D eigenvalue weighted by Gasteiger charge is -2.30. The molecule has 4 heteroatoms. The van der Waals surface area contributed by atoms with Crippen molar-refractivity contribution in [1.29, 1.82) is 5.26 Å². The lowest BCUT2D eigenvalue weighted by molar-refractivity contribution is 0.574. The molecular formula is C13H19N3S. The number of hydrogen-bond acceptors (Lipinski definition) is 4. The first-order valence-electron chi connectivity index (χ1n) is 5.85. The van der Waals surface area contributed by atoms with Gasteiger partial charge in [0.25, 0.3) is 0 Å². The Labute approximate surface area is 108 Å². The van der Waals surface area contributed by atoms with Crippen LogP contribution in [0.4, 0.5) is 5.82 Å². The zero-order valence-corrected chi connectivity index (χ0v) is 11.5. The number of anilines is 1. The number of rotatable bonds is 6. The average molecular weight is 249 g/mol. The highest BCUT2D eigenvalue weighted by Gasteiger charge is 2.24. The Hall–Kier alpha value is -1.21. The molecule has 0 spiro atoms. The fourth-order valence-corrected chi connectivity index (χ4v) is 2.50. The van der Waals surface area contributed by atoms with Crippen LogP contribution in [0.5, 0.6) is 0 Å². The third kappa shape index (κ3) is 3.64. The van der Waals surface area contributed by atoms with Crippen LogP contribution in [-0.2, 0) is 0 Å². The molecule has 0 saturated carbocycles. The fourth-order valence-electron chi connectivity index (χ4n) is 1.71. The molecule has 1 rings (SSSR count). The summed E-state index contributed by atoms with van der Waals surface area (Å²) in [5.74, 6) is 0.782. The van der Waals surface area contributed by atoms with Gasteiger partial charge in [0.05, 0.1) is 11.6 Å². The summed E-state index contributed by atoms with van der Waals surface area (Å²) >= 11 is 1.89. The van der Waals surface area contributed by atoms with Crippen molar-refractivity contribution in [1.82, 2.24) is 4.98 Å². The molecule has 0 bridgehead atoms. The molecule has 0 saturated heterocycles. The largest absolute Gasteiger partial charge is 0.369 e. The molecule has 17 heavy (non-hydrogen) atoms. The Balaban J connectivity index is 2.69. The first kappa shape index (κ1) is 13.9. The lowest BCUT2D eigenvalue weighted by Crippen LogP contribution is -2.32. The normalized spacial score (nSPS) is 10.9. The van der Waals surface area contributed by atoms with Gasteiger partial charge in [-0.15, -0.1) is 0 Å². The van der Waals surface area contributed by atoms with Gasteiger partial charge in [0, 0.05) is 17.5 Å². The standard InChI is InChI=1S/C13H19N3S/c1-4-13(5-2,17-3)10-16-12-8-11(9-14)6-7-15-12/h6-8H,4-5,10H2,1-3H3,(H,15,16). The minimum atomic E-state index is 0.254. The average Bonchev–Trinajstić information content (AvgIpc) is 2.41. The van der Waals surface area contributed by atoms with E-state index in [1.54, 1.807) is 18.3 Å². The maximum atomic E-state index is 8.82. The summed E-state index contributed by atoms with van der Waals surface area (Å²) < 4.78 is 0.254. The highest BCUT2D eigenvalue weighted by Crippen LogP contribution is 2.30. The zero-order chi connectivity index (χ0) is 12.7. The van der Waals surface area contributed by atoms with Crippen LogP contribution in [0.3, 0.4) is 0 Å². The van der Waals surface area contributed by atoms with Gasteiger partial charge in [0.1, 0.15) is 5.82 Å². The summed E-state index contributed by atoms with van der Waals surface area (Å²) in [6.45, 7) is 5.30. The Morgan fingerprint density at radius 3 is 2.71 bits per heavy atom. The number of thioether (sulfide) groups is 1. The lowest BCUT2D eigenvalue weighted by atomic mass is 10.0. The molecule has 0 aliphatic heterocycles. The van der Waals surface area contributed by atoms with Gasteiger partial charge in [-0.3, -0.25) is 0 Å². The summed E-state index contributed by atoms with van der Waals surface area (Å²) in [7, 11) is 0. The predicted octanol–water partition coefficient (Wildman–Crippen LogP) is 3.29. The summed E-state index contributed by atoms with van der Waals surface area (Å²) in [5, 5.41) is 12.1. The van der Waals surface area contributed by atoms with Crippen LogP contribution < -0.4 is 5.32 Å². The molecule has 0 aliphatic carbocycles. The Bertz CT molecular complexity index is 386. The first-order chi connectivity index (χ1) is 8.19. The highest BCUT2D eigenvalue weighted by atomic mass is 32.2. The van der Waals surface area contributed by atoms with Crippen LogP contribution in [-0.4, -0.2) is 22.5 Å². The number of nitrogens with zero attached hydrogens (tertiary/aromatic N) is 2. The Morgan fingerprint density at radius 1 is 1.47 bits per heavy atom. The van der Waals surface area contributed by atoms with E-state index in [-0.39, 0.29) is 4.75 Å². The molecule has 1 aromatic heterocycles. The maximum Gasteiger partial charge on any atom is 0.127 e. The SMILES string of the molecule is CCC(CC)(CNc1cc(C#N)ccn1)SC. The quantitative estimate of drug-likeness (QED) is 0.840. The van der Waals surface area contributed by atoms with E-state index >= 15 is 0 Å². The molecule has 1 heterocycles. The molecule has 92 valence electrons. The van der Waals surface area contributed by atoms with Crippen molar-refractivity contribution in [2.45, 2.75) is 31.4 Å². The summed E-state index contributed by atoms with van der Waals surface area (Å²) in [6.07, 6.45) is 6.05. The topological polar surface area (TPSA) is 48.7 Å². The van der Waals surface area contributed by atoms with Crippen LogP contribution in [0.15, 0.2) is 18.3 Å². The zero-order valence-electron chi connectivity index (χ0n) is 10.7. The molecule has 0 aromatic carbocycles. The van der Waals surface area contributed by atoms with E-state index in [9.17, 15) is 0 Å². The summed E-state index contributed by atoms with van der Waals surface area (Å²) in [5.41, 5.74) is 0.644. The second kappa shape index (κ2) is 6.51. The molecule has 0 radical (unpaired) electrons. The second-order valence-corrected chi connectivity index (χ2v) is 5.26. The van der Waals surface area contributed by atoms with Crippen molar-refractivity contribution < 1.29 is 0 Å². The van der Waals surface area contributed by atoms with E-state index in [2.05, 4.69) is 36.5 Å². The highest BCUT2D eigenvalue weighted by molar-refractivity contribution is 8.00. The van der Waals surface area contributed by atoms with Crippen molar-refractivity contribution >= 4 is 17.6 Å². The molecule has 0 amide bonds. The molecule has 0 aliphatic rings. The number of aromatic nitrogens is 1. The monoisotopic (exact) mass is 249 g/mol. The Kier molecular flexibility index (Phi) is 5.30. The van der Waals surface area contributed by atoms with E-state index in [0.29, 0.717) is 5.56 Å². The maximum absolute atomic E-state index is 8.82. The van der Waals surface area contributed by atoms with E-state index < -0.39 is 0 Å². The molecule has 0 unspecified atom stereocenters. The van der Waals surface area contributed by atoms with Crippen molar-refractivity contribution in [3.63, 3.8) is 0 Å². The van der Waals surface area contributed by atoms with Gasteiger partial charge in [-0.1, -0.05) is 13.8 Å². The minimum absolute atomic E-state index is 0.254. The van der Waals surface area contributed by atoms with Gasteiger partial charge in [-0.05, 0) is 31.2 Å². The third-order valence-electron chi connectivity index (χ3n) is 3.20. The van der Waals surface area contributed by atoms with E-state index in [1.807, 2.05) is 11.8 Å². The van der Waals surface area contributed by atoms with Crippen molar-refractivity contribution in [3.8, 4) is 6.07 Å². The first-order valence-corrected chi connectivity index (χ1v) is 7.07. The smallest absolute Gasteiger partial charge is 0.127 e. The van der Waals surface area contributed by atoms with Gasteiger partial charge in [0.2, 0.25) is 0 Å². The minimum Gasteiger partial charge on any atom is -0.369 e. The third-order valence-corrected chi connectivity index (χ3v) is 4.79. The second-order valence-electron chi connectivity index (χ2n) is 3.99.